The molecule has 4 rings (SSSR count). The van der Waals surface area contributed by atoms with Gasteiger partial charge in [0.05, 0.1) is 11.9 Å². The fourth-order valence-electron chi connectivity index (χ4n) is 3.22. The summed E-state index contributed by atoms with van der Waals surface area (Å²) in [6, 6.07) is 7.55. The third kappa shape index (κ3) is 3.47. The van der Waals surface area contributed by atoms with Crippen LogP contribution in [-0.4, -0.2) is 32.2 Å². The van der Waals surface area contributed by atoms with Crippen LogP contribution in [0.3, 0.4) is 0 Å². The van der Waals surface area contributed by atoms with Crippen molar-refractivity contribution in [2.75, 3.05) is 6.54 Å². The van der Waals surface area contributed by atoms with Crippen molar-refractivity contribution >= 4 is 5.91 Å². The molecule has 128 valence electrons. The van der Waals surface area contributed by atoms with Crippen molar-refractivity contribution in [1.29, 1.82) is 0 Å². The molecule has 2 N–H and O–H groups in total. The van der Waals surface area contributed by atoms with Crippen LogP contribution in [0.5, 0.6) is 0 Å². The number of imidazole rings is 1. The van der Waals surface area contributed by atoms with Crippen LogP contribution in [0.15, 0.2) is 42.9 Å². The van der Waals surface area contributed by atoms with Gasteiger partial charge in [-0.25, -0.2) is 4.98 Å². The van der Waals surface area contributed by atoms with Gasteiger partial charge in [-0.15, -0.1) is 0 Å². The lowest BCUT2D eigenvalue weighted by molar-refractivity contribution is 0.0954. The molecule has 0 saturated heterocycles. The highest BCUT2D eigenvalue weighted by Crippen LogP contribution is 2.18. The van der Waals surface area contributed by atoms with Crippen molar-refractivity contribution < 1.29 is 4.79 Å². The molecule has 3 heterocycles. The number of carbonyl (C=O) groups excluding carboxylic acids is 1. The predicted molar refractivity (Wildman–Crippen MR) is 95.2 cm³/mol. The number of fused-ring (bicyclic) bond motifs is 1. The number of nitrogens with zero attached hydrogens (tertiary/aromatic N) is 3. The summed E-state index contributed by atoms with van der Waals surface area (Å²) in [6.45, 7) is 1.66. The van der Waals surface area contributed by atoms with Gasteiger partial charge in [0.15, 0.2) is 0 Å². The smallest absolute Gasteiger partial charge is 0.251 e. The minimum atomic E-state index is -0.0530. The highest BCUT2D eigenvalue weighted by Gasteiger charge is 2.12. The van der Waals surface area contributed by atoms with E-state index in [1.54, 1.807) is 6.20 Å². The van der Waals surface area contributed by atoms with Gasteiger partial charge in [0, 0.05) is 49.5 Å². The van der Waals surface area contributed by atoms with Gasteiger partial charge < -0.3 is 9.88 Å². The molecular formula is C19H21N5O. The Kier molecular flexibility index (Phi) is 4.33. The van der Waals surface area contributed by atoms with E-state index >= 15 is 0 Å². The van der Waals surface area contributed by atoms with Crippen molar-refractivity contribution in [1.82, 2.24) is 25.1 Å². The Morgan fingerprint density at radius 1 is 1.20 bits per heavy atom. The first-order valence-corrected chi connectivity index (χ1v) is 8.72. The number of aromatic nitrogens is 4. The number of H-pyrrole nitrogens is 1. The maximum absolute atomic E-state index is 12.3. The summed E-state index contributed by atoms with van der Waals surface area (Å²) in [4.78, 5) is 16.9. The molecule has 0 spiro atoms. The lowest BCUT2D eigenvalue weighted by atomic mass is 10.1. The van der Waals surface area contributed by atoms with Crippen LogP contribution >= 0.6 is 0 Å². The number of amides is 1. The summed E-state index contributed by atoms with van der Waals surface area (Å²) in [5.74, 6) is 1.13. The van der Waals surface area contributed by atoms with E-state index in [4.69, 9.17) is 0 Å². The van der Waals surface area contributed by atoms with Gasteiger partial charge in [0.1, 0.15) is 5.82 Å². The number of aryl methyl sites for hydroxylation is 2. The highest BCUT2D eigenvalue weighted by atomic mass is 16.1. The summed E-state index contributed by atoms with van der Waals surface area (Å²) < 4.78 is 2.25. The quantitative estimate of drug-likeness (QED) is 0.752. The molecule has 0 unspecified atom stereocenters. The fourth-order valence-corrected chi connectivity index (χ4v) is 3.22. The molecule has 0 atom stereocenters. The molecule has 25 heavy (non-hydrogen) atoms. The van der Waals surface area contributed by atoms with Gasteiger partial charge in [-0.3, -0.25) is 9.89 Å². The van der Waals surface area contributed by atoms with Crippen molar-refractivity contribution in [3.63, 3.8) is 0 Å². The molecule has 6 heteroatoms. The van der Waals surface area contributed by atoms with E-state index in [1.807, 2.05) is 30.5 Å². The molecule has 0 bridgehead atoms. The Labute approximate surface area is 146 Å². The third-order valence-electron chi connectivity index (χ3n) is 4.60. The zero-order valence-electron chi connectivity index (χ0n) is 14.0. The summed E-state index contributed by atoms with van der Waals surface area (Å²) in [6.07, 6.45) is 10.0. The highest BCUT2D eigenvalue weighted by molar-refractivity contribution is 5.94. The number of nitrogens with one attached hydrogen (secondary N) is 2. The maximum atomic E-state index is 12.3. The van der Waals surface area contributed by atoms with Crippen molar-refractivity contribution in [2.45, 2.75) is 32.2 Å². The van der Waals surface area contributed by atoms with Gasteiger partial charge in [-0.05, 0) is 30.5 Å². The second-order valence-corrected chi connectivity index (χ2v) is 6.37. The van der Waals surface area contributed by atoms with Crippen LogP contribution in [0.25, 0.3) is 11.1 Å². The fraction of sp³-hybridized carbons (Fsp3) is 0.316. The molecule has 0 aliphatic carbocycles. The van der Waals surface area contributed by atoms with E-state index in [0.29, 0.717) is 12.1 Å². The largest absolute Gasteiger partial charge is 0.352 e. The van der Waals surface area contributed by atoms with Gasteiger partial charge in [-0.1, -0.05) is 12.1 Å². The van der Waals surface area contributed by atoms with Crippen LogP contribution in [0, 0.1) is 0 Å². The van der Waals surface area contributed by atoms with E-state index in [-0.39, 0.29) is 5.91 Å². The number of benzene rings is 1. The van der Waals surface area contributed by atoms with Gasteiger partial charge in [-0.2, -0.15) is 5.10 Å². The molecule has 2 aromatic heterocycles. The van der Waals surface area contributed by atoms with E-state index in [0.717, 1.165) is 36.2 Å². The zero-order valence-corrected chi connectivity index (χ0v) is 14.0. The second kappa shape index (κ2) is 6.93. The lowest BCUT2D eigenvalue weighted by Crippen LogP contribution is -2.25. The van der Waals surface area contributed by atoms with Crippen LogP contribution in [0.2, 0.25) is 0 Å². The molecule has 1 aromatic carbocycles. The Bertz CT molecular complexity index is 825. The van der Waals surface area contributed by atoms with Crippen molar-refractivity contribution in [3.05, 3.63) is 59.9 Å². The summed E-state index contributed by atoms with van der Waals surface area (Å²) in [7, 11) is 0. The first-order valence-electron chi connectivity index (χ1n) is 8.72. The summed E-state index contributed by atoms with van der Waals surface area (Å²) in [5.41, 5.74) is 3.77. The number of hydrogen-bond donors (Lipinski definition) is 2. The third-order valence-corrected chi connectivity index (χ3v) is 4.60. The van der Waals surface area contributed by atoms with Gasteiger partial charge in [0.2, 0.25) is 0 Å². The van der Waals surface area contributed by atoms with Crippen LogP contribution in [-0.2, 0) is 19.4 Å². The molecule has 0 saturated carbocycles. The number of carbonyl (C=O) groups is 1. The molecule has 0 radical (unpaired) electrons. The zero-order chi connectivity index (χ0) is 17.1. The van der Waals surface area contributed by atoms with Crippen molar-refractivity contribution in [3.8, 4) is 11.1 Å². The molecule has 6 nitrogen and oxygen atoms in total. The number of aromatic amines is 1. The normalized spacial score (nSPS) is 13.4. The molecule has 0 fully saturated rings. The van der Waals surface area contributed by atoms with E-state index in [1.165, 1.54) is 18.7 Å². The first-order chi connectivity index (χ1) is 12.3. The first kappa shape index (κ1) is 15.6. The van der Waals surface area contributed by atoms with E-state index in [9.17, 15) is 4.79 Å². The minimum absolute atomic E-state index is 0.0530. The molecular weight excluding hydrogens is 314 g/mol. The average molecular weight is 335 g/mol. The predicted octanol–water partition coefficient (Wildman–Crippen LogP) is 2.58. The second-order valence-electron chi connectivity index (χ2n) is 6.37. The Morgan fingerprint density at radius 3 is 2.84 bits per heavy atom. The van der Waals surface area contributed by atoms with Gasteiger partial charge in [0.25, 0.3) is 5.91 Å². The van der Waals surface area contributed by atoms with Gasteiger partial charge >= 0.3 is 0 Å². The van der Waals surface area contributed by atoms with Crippen LogP contribution < -0.4 is 5.32 Å². The lowest BCUT2D eigenvalue weighted by Gasteiger charge is -2.11. The maximum Gasteiger partial charge on any atom is 0.251 e. The number of hydrogen-bond acceptors (Lipinski definition) is 3. The number of rotatable bonds is 5. The Balaban J connectivity index is 1.32. The molecule has 1 aliphatic rings. The molecule has 1 amide bonds. The topological polar surface area (TPSA) is 75.6 Å². The van der Waals surface area contributed by atoms with Crippen LogP contribution in [0.1, 0.15) is 34.7 Å². The standard InChI is InChI=1S/C19H21N5O/c25-19(15-6-4-14(5-7-15)16-11-21-22-12-16)20-9-8-17-13-24-10-2-1-3-18(24)23-17/h4-7,11-13H,1-3,8-10H2,(H,20,25)(H,21,22). The van der Waals surface area contributed by atoms with Crippen LogP contribution in [0.4, 0.5) is 0 Å². The molecule has 3 aromatic rings. The van der Waals surface area contributed by atoms with Crippen molar-refractivity contribution in [2.24, 2.45) is 0 Å². The van der Waals surface area contributed by atoms with E-state index < -0.39 is 0 Å². The SMILES string of the molecule is O=C(NCCc1cn2c(n1)CCCC2)c1ccc(-c2cn[nH]c2)cc1. The average Bonchev–Trinajstić information content (AvgIpc) is 3.31. The minimum Gasteiger partial charge on any atom is -0.352 e. The summed E-state index contributed by atoms with van der Waals surface area (Å²) in [5, 5.41) is 9.70. The van der Waals surface area contributed by atoms with E-state index in [2.05, 4.69) is 31.3 Å². The Morgan fingerprint density at radius 2 is 2.08 bits per heavy atom. The Hall–Kier alpha value is -2.89. The monoisotopic (exact) mass is 335 g/mol. The summed E-state index contributed by atoms with van der Waals surface area (Å²) >= 11 is 0. The molecule has 1 aliphatic heterocycles.